The predicted octanol–water partition coefficient (Wildman–Crippen LogP) is 10.8. The second-order valence-corrected chi connectivity index (χ2v) is 11.5. The summed E-state index contributed by atoms with van der Waals surface area (Å²) in [7, 11) is 0. The Morgan fingerprint density at radius 2 is 0.875 bits per heavy atom. The third kappa shape index (κ3) is 4.75. The van der Waals surface area contributed by atoms with E-state index in [0.29, 0.717) is 23.2 Å². The molecule has 0 atom stereocenters. The summed E-state index contributed by atoms with van der Waals surface area (Å²) in [5.41, 5.74) is 10.3. The summed E-state index contributed by atoms with van der Waals surface area (Å²) >= 11 is 0. The maximum atomic E-state index is 5.53. The lowest BCUT2D eigenvalue weighted by Gasteiger charge is -2.19. The molecule has 0 unspecified atom stereocenters. The average Bonchev–Trinajstić information content (AvgIpc) is 3.91. The Labute approximate surface area is 276 Å². The number of fused-ring (bicyclic) bond motifs is 2. The number of aromatic nitrogens is 4. The molecule has 226 valence electrons. The Morgan fingerprint density at radius 1 is 0.375 bits per heavy atom. The van der Waals surface area contributed by atoms with E-state index in [4.69, 9.17) is 18.8 Å². The van der Waals surface area contributed by atoms with Crippen molar-refractivity contribution in [2.75, 3.05) is 0 Å². The van der Waals surface area contributed by atoms with Crippen LogP contribution in [0.1, 0.15) is 0 Å². The van der Waals surface area contributed by atoms with E-state index in [1.54, 1.807) is 24.9 Å². The summed E-state index contributed by atoms with van der Waals surface area (Å²) in [6.07, 6.45) is 10.2. The summed E-state index contributed by atoms with van der Waals surface area (Å²) in [6.45, 7) is 0. The van der Waals surface area contributed by atoms with Gasteiger partial charge in [0.15, 0.2) is 0 Å². The second kappa shape index (κ2) is 11.6. The van der Waals surface area contributed by atoms with Crippen molar-refractivity contribution in [3.05, 3.63) is 159 Å². The summed E-state index contributed by atoms with van der Waals surface area (Å²) in [4.78, 5) is 18.1. The lowest BCUT2D eigenvalue weighted by molar-refractivity contribution is 0.572. The predicted molar refractivity (Wildman–Crippen MR) is 190 cm³/mol. The zero-order valence-corrected chi connectivity index (χ0v) is 25.6. The first kappa shape index (κ1) is 27.6. The molecule has 0 radical (unpaired) electrons. The van der Waals surface area contributed by atoms with E-state index in [2.05, 4.69) is 119 Å². The fourth-order valence-electron chi connectivity index (χ4n) is 6.61. The van der Waals surface area contributed by atoms with Gasteiger partial charge in [-0.15, -0.1) is 0 Å². The average molecular weight is 619 g/mol. The van der Waals surface area contributed by atoms with Gasteiger partial charge in [-0.1, -0.05) is 103 Å². The van der Waals surface area contributed by atoms with Crippen molar-refractivity contribution in [3.63, 3.8) is 0 Å². The molecule has 0 saturated carbocycles. The molecule has 4 heterocycles. The summed E-state index contributed by atoms with van der Waals surface area (Å²) in [5, 5.41) is 4.48. The highest BCUT2D eigenvalue weighted by Gasteiger charge is 2.19. The Morgan fingerprint density at radius 3 is 1.42 bits per heavy atom. The molecule has 48 heavy (non-hydrogen) atoms. The highest BCUT2D eigenvalue weighted by atomic mass is 16.3. The SMILES string of the molecule is c1ccc(-c2ccccc2-c2ccc3c(-c4ccc(-c5ncco5)nc4)c4ccccc4c(-c4ccc(-c5ncco5)nc4)c3c2)cc1. The van der Waals surface area contributed by atoms with Crippen molar-refractivity contribution < 1.29 is 8.83 Å². The summed E-state index contributed by atoms with van der Waals surface area (Å²) in [5.74, 6) is 0.987. The van der Waals surface area contributed by atoms with Gasteiger partial charge in [0.05, 0.1) is 12.4 Å². The number of oxazole rings is 2. The third-order valence-corrected chi connectivity index (χ3v) is 8.75. The number of nitrogens with zero attached hydrogens (tertiary/aromatic N) is 4. The quantitative estimate of drug-likeness (QED) is 0.173. The molecule has 0 aliphatic rings. The highest BCUT2D eigenvalue weighted by molar-refractivity contribution is 6.22. The van der Waals surface area contributed by atoms with Crippen molar-refractivity contribution in [1.29, 1.82) is 0 Å². The Bertz CT molecular complexity index is 2520. The molecule has 0 bridgehead atoms. The van der Waals surface area contributed by atoms with Crippen LogP contribution in [-0.2, 0) is 0 Å². The van der Waals surface area contributed by atoms with Crippen molar-refractivity contribution in [2.45, 2.75) is 0 Å². The molecule has 5 aromatic carbocycles. The molecule has 6 heteroatoms. The molecule has 0 N–H and O–H groups in total. The first-order chi connectivity index (χ1) is 23.8. The number of rotatable bonds is 6. The van der Waals surface area contributed by atoms with Gasteiger partial charge in [-0.25, -0.2) is 9.97 Å². The van der Waals surface area contributed by atoms with E-state index in [-0.39, 0.29) is 0 Å². The zero-order valence-electron chi connectivity index (χ0n) is 25.6. The van der Waals surface area contributed by atoms with Crippen molar-refractivity contribution in [1.82, 2.24) is 19.9 Å². The van der Waals surface area contributed by atoms with Crippen LogP contribution < -0.4 is 0 Å². The van der Waals surface area contributed by atoms with Gasteiger partial charge in [-0.3, -0.25) is 9.97 Å². The van der Waals surface area contributed by atoms with E-state index < -0.39 is 0 Å². The fourth-order valence-corrected chi connectivity index (χ4v) is 6.61. The number of benzene rings is 5. The number of hydrogen-bond acceptors (Lipinski definition) is 6. The van der Waals surface area contributed by atoms with Gasteiger partial charge in [0, 0.05) is 23.5 Å². The smallest absolute Gasteiger partial charge is 0.244 e. The Kier molecular flexibility index (Phi) is 6.68. The van der Waals surface area contributed by atoms with Crippen LogP contribution in [0, 0.1) is 0 Å². The molecule has 6 nitrogen and oxygen atoms in total. The standard InChI is InChI=1S/C42H26N4O2/c1-2-8-27(9-3-1)31-10-4-5-11-32(31)28-14-17-35-36(24-28)40(30-16-19-38(46-26-30)42-44-21-23-48-42)34-13-7-6-12-33(34)39(35)29-15-18-37(45-25-29)41-43-20-22-47-41/h1-26H. The van der Waals surface area contributed by atoms with Crippen LogP contribution >= 0.6 is 0 Å². The van der Waals surface area contributed by atoms with Gasteiger partial charge in [-0.05, 0) is 73.1 Å². The second-order valence-electron chi connectivity index (χ2n) is 11.5. The summed E-state index contributed by atoms with van der Waals surface area (Å²) < 4.78 is 11.0. The first-order valence-corrected chi connectivity index (χ1v) is 15.7. The minimum absolute atomic E-state index is 0.493. The van der Waals surface area contributed by atoms with Crippen LogP contribution in [0.25, 0.3) is 89.2 Å². The lowest BCUT2D eigenvalue weighted by Crippen LogP contribution is -1.94. The molecular formula is C42H26N4O2. The maximum absolute atomic E-state index is 5.53. The van der Waals surface area contributed by atoms with Crippen LogP contribution in [-0.4, -0.2) is 19.9 Å². The Balaban J connectivity index is 1.31. The van der Waals surface area contributed by atoms with E-state index in [9.17, 15) is 0 Å². The van der Waals surface area contributed by atoms with Gasteiger partial charge < -0.3 is 8.83 Å². The van der Waals surface area contributed by atoms with Crippen LogP contribution in [0.3, 0.4) is 0 Å². The third-order valence-electron chi connectivity index (χ3n) is 8.75. The number of pyridine rings is 2. The molecule has 4 aromatic heterocycles. The van der Waals surface area contributed by atoms with Crippen LogP contribution in [0.15, 0.2) is 167 Å². The molecule has 0 spiro atoms. The molecule has 0 aliphatic heterocycles. The van der Waals surface area contributed by atoms with Gasteiger partial charge in [0.2, 0.25) is 11.8 Å². The van der Waals surface area contributed by atoms with E-state index in [1.165, 1.54) is 16.7 Å². The first-order valence-electron chi connectivity index (χ1n) is 15.7. The van der Waals surface area contributed by atoms with Gasteiger partial charge >= 0.3 is 0 Å². The maximum Gasteiger partial charge on any atom is 0.244 e. The minimum Gasteiger partial charge on any atom is -0.443 e. The van der Waals surface area contributed by atoms with E-state index in [0.717, 1.165) is 49.4 Å². The van der Waals surface area contributed by atoms with E-state index in [1.807, 2.05) is 24.5 Å². The lowest BCUT2D eigenvalue weighted by atomic mass is 9.84. The molecule has 0 amide bonds. The topological polar surface area (TPSA) is 77.8 Å². The van der Waals surface area contributed by atoms with Crippen LogP contribution in [0.4, 0.5) is 0 Å². The molecule has 9 aromatic rings. The molecular weight excluding hydrogens is 592 g/mol. The zero-order chi connectivity index (χ0) is 31.9. The van der Waals surface area contributed by atoms with Gasteiger partial charge in [-0.2, -0.15) is 0 Å². The molecule has 9 rings (SSSR count). The minimum atomic E-state index is 0.493. The Hall–Kier alpha value is -6.66. The van der Waals surface area contributed by atoms with Crippen LogP contribution in [0.2, 0.25) is 0 Å². The van der Waals surface area contributed by atoms with Crippen molar-refractivity contribution >= 4 is 21.5 Å². The molecule has 0 saturated heterocycles. The van der Waals surface area contributed by atoms with Crippen molar-refractivity contribution in [3.8, 4) is 67.7 Å². The highest BCUT2D eigenvalue weighted by Crippen LogP contribution is 2.45. The van der Waals surface area contributed by atoms with Crippen LogP contribution in [0.5, 0.6) is 0 Å². The van der Waals surface area contributed by atoms with Gasteiger partial charge in [0.1, 0.15) is 23.9 Å². The monoisotopic (exact) mass is 618 g/mol. The van der Waals surface area contributed by atoms with Crippen molar-refractivity contribution in [2.24, 2.45) is 0 Å². The van der Waals surface area contributed by atoms with E-state index >= 15 is 0 Å². The van der Waals surface area contributed by atoms with Gasteiger partial charge in [0.25, 0.3) is 0 Å². The largest absolute Gasteiger partial charge is 0.443 e. The molecule has 0 aliphatic carbocycles. The summed E-state index contributed by atoms with van der Waals surface area (Å²) in [6, 6.07) is 42.6. The number of hydrogen-bond donors (Lipinski definition) is 0. The fraction of sp³-hybridized carbons (Fsp3) is 0. The normalized spacial score (nSPS) is 11.3. The molecule has 0 fully saturated rings.